The van der Waals surface area contributed by atoms with Crippen molar-refractivity contribution in [2.45, 2.75) is 20.5 Å². The van der Waals surface area contributed by atoms with Crippen LogP contribution in [0.15, 0.2) is 12.4 Å². The maximum atomic E-state index is 11.1. The minimum Gasteiger partial charge on any atom is -0.465 e. The van der Waals surface area contributed by atoms with Crippen LogP contribution in [0.25, 0.3) is 0 Å². The molecule has 0 spiro atoms. The highest BCUT2D eigenvalue weighted by Crippen LogP contribution is 2.04. The molecule has 1 aromatic rings. The fourth-order valence-corrected chi connectivity index (χ4v) is 1.15. The number of hydrogen-bond acceptors (Lipinski definition) is 6. The highest BCUT2D eigenvalue weighted by molar-refractivity contribution is 5.74. The van der Waals surface area contributed by atoms with Gasteiger partial charge < -0.3 is 14.8 Å². The van der Waals surface area contributed by atoms with Gasteiger partial charge in [0.15, 0.2) is 0 Å². The fraction of sp³-hybridized carbons (Fsp3) is 0.545. The zero-order chi connectivity index (χ0) is 12.5. The summed E-state index contributed by atoms with van der Waals surface area (Å²) in [6, 6.07) is 1.74. The van der Waals surface area contributed by atoms with E-state index in [9.17, 15) is 4.79 Å². The van der Waals surface area contributed by atoms with Crippen molar-refractivity contribution < 1.29 is 14.3 Å². The summed E-state index contributed by atoms with van der Waals surface area (Å²) < 4.78 is 10.0. The number of ether oxygens (including phenoxy) is 2. The predicted octanol–water partition coefficient (Wildman–Crippen LogP) is 0.988. The molecule has 0 saturated heterocycles. The van der Waals surface area contributed by atoms with Crippen LogP contribution in [0.1, 0.15) is 19.5 Å². The van der Waals surface area contributed by atoms with Gasteiger partial charge in [0.05, 0.1) is 18.9 Å². The summed E-state index contributed by atoms with van der Waals surface area (Å²) in [5, 5.41) is 2.86. The average molecular weight is 239 g/mol. The van der Waals surface area contributed by atoms with Crippen molar-refractivity contribution >= 4 is 11.8 Å². The zero-order valence-corrected chi connectivity index (χ0v) is 10.1. The van der Waals surface area contributed by atoms with Crippen LogP contribution in [0.3, 0.4) is 0 Å². The van der Waals surface area contributed by atoms with Crippen LogP contribution in [-0.4, -0.2) is 35.7 Å². The van der Waals surface area contributed by atoms with Gasteiger partial charge in [0.2, 0.25) is 0 Å². The third-order valence-electron chi connectivity index (χ3n) is 1.90. The normalized spacial score (nSPS) is 10.0. The molecule has 6 nitrogen and oxygen atoms in total. The fourth-order valence-electron chi connectivity index (χ4n) is 1.15. The second-order valence-corrected chi connectivity index (χ2v) is 3.19. The Hall–Kier alpha value is -1.69. The third-order valence-corrected chi connectivity index (χ3v) is 1.90. The minimum atomic E-state index is -0.308. The van der Waals surface area contributed by atoms with E-state index in [1.165, 1.54) is 6.33 Å². The molecule has 0 radical (unpaired) electrons. The Morgan fingerprint density at radius 3 is 2.88 bits per heavy atom. The molecule has 0 aliphatic rings. The van der Waals surface area contributed by atoms with Crippen molar-refractivity contribution in [1.82, 2.24) is 9.97 Å². The Kier molecular flexibility index (Phi) is 5.95. The molecule has 1 rings (SSSR count). The SMILES string of the molecule is CCOCc1cc(NCC(=O)OCC)ncn1. The Bertz CT molecular complexity index is 358. The van der Waals surface area contributed by atoms with E-state index in [0.717, 1.165) is 5.69 Å². The highest BCUT2D eigenvalue weighted by atomic mass is 16.5. The third kappa shape index (κ3) is 5.26. The molecular weight excluding hydrogens is 222 g/mol. The van der Waals surface area contributed by atoms with Gasteiger partial charge in [-0.1, -0.05) is 0 Å². The summed E-state index contributed by atoms with van der Waals surface area (Å²) in [6.07, 6.45) is 1.43. The predicted molar refractivity (Wildman–Crippen MR) is 62.5 cm³/mol. The first kappa shape index (κ1) is 13.4. The van der Waals surface area contributed by atoms with E-state index in [-0.39, 0.29) is 12.5 Å². The van der Waals surface area contributed by atoms with Gasteiger partial charge in [0, 0.05) is 12.7 Å². The molecule has 0 aromatic carbocycles. The van der Waals surface area contributed by atoms with Crippen molar-refractivity contribution in [2.24, 2.45) is 0 Å². The number of aromatic nitrogens is 2. The molecule has 0 aliphatic carbocycles. The highest BCUT2D eigenvalue weighted by Gasteiger charge is 2.03. The van der Waals surface area contributed by atoms with Crippen molar-refractivity contribution in [3.8, 4) is 0 Å². The molecule has 6 heteroatoms. The van der Waals surface area contributed by atoms with E-state index < -0.39 is 0 Å². The maximum Gasteiger partial charge on any atom is 0.325 e. The summed E-state index contributed by atoms with van der Waals surface area (Å²) in [7, 11) is 0. The molecule has 0 aliphatic heterocycles. The van der Waals surface area contributed by atoms with Crippen molar-refractivity contribution in [3.05, 3.63) is 18.1 Å². The Labute approximate surface area is 100 Å². The number of rotatable bonds is 7. The van der Waals surface area contributed by atoms with Crippen LogP contribution >= 0.6 is 0 Å². The molecule has 1 N–H and O–H groups in total. The first-order valence-corrected chi connectivity index (χ1v) is 5.54. The van der Waals surface area contributed by atoms with Gasteiger partial charge in [-0.05, 0) is 13.8 Å². The number of esters is 1. The van der Waals surface area contributed by atoms with E-state index in [1.54, 1.807) is 13.0 Å². The molecule has 0 unspecified atom stereocenters. The summed E-state index contributed by atoms with van der Waals surface area (Å²) in [5.74, 6) is 0.278. The Balaban J connectivity index is 2.45. The summed E-state index contributed by atoms with van der Waals surface area (Å²) in [4.78, 5) is 19.2. The van der Waals surface area contributed by atoms with Gasteiger partial charge >= 0.3 is 5.97 Å². The molecule has 17 heavy (non-hydrogen) atoms. The lowest BCUT2D eigenvalue weighted by Crippen LogP contribution is -2.17. The lowest BCUT2D eigenvalue weighted by Gasteiger charge is -2.06. The van der Waals surface area contributed by atoms with Crippen LogP contribution in [0, 0.1) is 0 Å². The van der Waals surface area contributed by atoms with Crippen LogP contribution in [0.4, 0.5) is 5.82 Å². The number of carbonyl (C=O) groups excluding carboxylic acids is 1. The molecule has 0 atom stereocenters. The van der Waals surface area contributed by atoms with Crippen molar-refractivity contribution in [2.75, 3.05) is 25.1 Å². The van der Waals surface area contributed by atoms with Crippen LogP contribution < -0.4 is 5.32 Å². The Morgan fingerprint density at radius 2 is 2.18 bits per heavy atom. The first-order chi connectivity index (χ1) is 8.26. The van der Waals surface area contributed by atoms with Gasteiger partial charge in [-0.3, -0.25) is 4.79 Å². The lowest BCUT2D eigenvalue weighted by atomic mass is 10.4. The Morgan fingerprint density at radius 1 is 1.35 bits per heavy atom. The molecule has 0 fully saturated rings. The second-order valence-electron chi connectivity index (χ2n) is 3.19. The van der Waals surface area contributed by atoms with Crippen molar-refractivity contribution in [1.29, 1.82) is 0 Å². The van der Waals surface area contributed by atoms with E-state index >= 15 is 0 Å². The van der Waals surface area contributed by atoms with Gasteiger partial charge in [-0.25, -0.2) is 9.97 Å². The van der Waals surface area contributed by atoms with E-state index in [0.29, 0.717) is 25.6 Å². The van der Waals surface area contributed by atoms with Gasteiger partial charge in [0.25, 0.3) is 0 Å². The molecular formula is C11H17N3O3. The van der Waals surface area contributed by atoms with E-state index in [1.807, 2.05) is 6.92 Å². The molecule has 0 bridgehead atoms. The van der Waals surface area contributed by atoms with Gasteiger partial charge in [-0.15, -0.1) is 0 Å². The van der Waals surface area contributed by atoms with E-state index in [4.69, 9.17) is 9.47 Å². The van der Waals surface area contributed by atoms with Crippen LogP contribution in [-0.2, 0) is 20.9 Å². The molecule has 1 heterocycles. The van der Waals surface area contributed by atoms with Crippen molar-refractivity contribution in [3.63, 3.8) is 0 Å². The summed E-state index contributed by atoms with van der Waals surface area (Å²) >= 11 is 0. The minimum absolute atomic E-state index is 0.0962. The monoisotopic (exact) mass is 239 g/mol. The molecule has 0 saturated carbocycles. The summed E-state index contributed by atoms with van der Waals surface area (Å²) in [5.41, 5.74) is 0.771. The number of nitrogens with one attached hydrogen (secondary N) is 1. The molecule has 1 aromatic heterocycles. The number of hydrogen-bond donors (Lipinski definition) is 1. The number of nitrogens with zero attached hydrogens (tertiary/aromatic N) is 2. The van der Waals surface area contributed by atoms with Gasteiger partial charge in [-0.2, -0.15) is 0 Å². The van der Waals surface area contributed by atoms with E-state index in [2.05, 4.69) is 15.3 Å². The smallest absolute Gasteiger partial charge is 0.325 e. The zero-order valence-electron chi connectivity index (χ0n) is 10.1. The first-order valence-electron chi connectivity index (χ1n) is 5.54. The standard InChI is InChI=1S/C11H17N3O3/c1-3-16-7-9-5-10(14-8-13-9)12-6-11(15)17-4-2/h5,8H,3-4,6-7H2,1-2H3,(H,12,13,14). The molecule has 94 valence electrons. The topological polar surface area (TPSA) is 73.3 Å². The molecule has 0 amide bonds. The van der Waals surface area contributed by atoms with Crippen LogP contribution in [0.5, 0.6) is 0 Å². The maximum absolute atomic E-state index is 11.1. The number of anilines is 1. The lowest BCUT2D eigenvalue weighted by molar-refractivity contribution is -0.140. The number of carbonyl (C=O) groups is 1. The largest absolute Gasteiger partial charge is 0.465 e. The van der Waals surface area contributed by atoms with Gasteiger partial charge in [0.1, 0.15) is 18.7 Å². The second kappa shape index (κ2) is 7.56. The van der Waals surface area contributed by atoms with Crippen LogP contribution in [0.2, 0.25) is 0 Å². The quantitative estimate of drug-likeness (QED) is 0.715. The average Bonchev–Trinajstić information content (AvgIpc) is 2.35. The summed E-state index contributed by atoms with van der Waals surface area (Å²) in [6.45, 7) is 5.23.